The zero-order chi connectivity index (χ0) is 26.6. The number of fused-ring (bicyclic) bond motifs is 1. The second-order valence-electron chi connectivity index (χ2n) is 9.99. The van der Waals surface area contributed by atoms with Crippen molar-refractivity contribution in [2.45, 2.75) is 12.8 Å². The van der Waals surface area contributed by atoms with Crippen LogP contribution in [-0.4, -0.2) is 83.6 Å². The van der Waals surface area contributed by atoms with E-state index < -0.39 is 0 Å². The summed E-state index contributed by atoms with van der Waals surface area (Å²) in [6.45, 7) is 7.58. The maximum Gasteiger partial charge on any atom is 0.228 e. The summed E-state index contributed by atoms with van der Waals surface area (Å²) in [6.07, 6.45) is 1.99. The number of benzene rings is 2. The van der Waals surface area contributed by atoms with Crippen molar-refractivity contribution in [1.29, 1.82) is 0 Å². The number of nitrogens with one attached hydrogen (secondary N) is 1. The van der Waals surface area contributed by atoms with Gasteiger partial charge < -0.3 is 24.3 Å². The number of hydrogen-bond donors (Lipinski definition) is 1. The molecule has 0 radical (unpaired) electrons. The second kappa shape index (κ2) is 11.9. The summed E-state index contributed by atoms with van der Waals surface area (Å²) in [5.41, 5.74) is 4.82. The lowest BCUT2D eigenvalue weighted by Crippen LogP contribution is -2.37. The highest BCUT2D eigenvalue weighted by Gasteiger charge is 2.19. The molecule has 2 saturated heterocycles. The molecule has 4 heterocycles. The molecule has 1 N–H and O–H groups in total. The number of morpholine rings is 2. The fraction of sp³-hybridized carbons (Fsp3) is 0.414. The van der Waals surface area contributed by atoms with Gasteiger partial charge in [0.15, 0.2) is 0 Å². The van der Waals surface area contributed by atoms with Crippen molar-refractivity contribution >= 4 is 40.1 Å². The maximum atomic E-state index is 6.10. The molecule has 4 aromatic rings. The van der Waals surface area contributed by atoms with E-state index >= 15 is 0 Å². The number of ether oxygens (including phenoxy) is 2. The lowest BCUT2D eigenvalue weighted by molar-refractivity contribution is 0.0374. The molecular formula is C29H34ClN7O2. The highest BCUT2D eigenvalue weighted by Crippen LogP contribution is 2.31. The number of rotatable bonds is 8. The van der Waals surface area contributed by atoms with Crippen molar-refractivity contribution in [3.63, 3.8) is 0 Å². The number of para-hydroxylation sites is 1. The van der Waals surface area contributed by atoms with Gasteiger partial charge in [-0.15, -0.1) is 0 Å². The van der Waals surface area contributed by atoms with Crippen LogP contribution in [0.3, 0.4) is 0 Å². The number of aryl methyl sites for hydroxylation is 2. The quantitative estimate of drug-likeness (QED) is 0.345. The third kappa shape index (κ3) is 6.01. The van der Waals surface area contributed by atoms with Crippen LogP contribution >= 0.6 is 11.6 Å². The lowest BCUT2D eigenvalue weighted by atomic mass is 10.1. The first-order chi connectivity index (χ1) is 19.1. The van der Waals surface area contributed by atoms with Crippen molar-refractivity contribution in [2.75, 3.05) is 69.4 Å². The largest absolute Gasteiger partial charge is 0.379 e. The third-order valence-electron chi connectivity index (χ3n) is 7.38. The minimum absolute atomic E-state index is 0.664. The minimum Gasteiger partial charge on any atom is -0.379 e. The standard InChI is InChI=1S/C29H34ClN7O2/c1-35-25-5-2-4-23(28(25)34-27(35)6-3-11-36-12-16-38-17-13-36)24-20-26(31-22-9-7-21(30)8-10-22)33-29(32-24)37-14-18-39-19-15-37/h2,4-5,7-10,20H,3,6,11-19H2,1H3,(H,31,32,33). The van der Waals surface area contributed by atoms with Crippen molar-refractivity contribution in [3.8, 4) is 11.3 Å². The van der Waals surface area contributed by atoms with Gasteiger partial charge in [-0.3, -0.25) is 4.90 Å². The van der Waals surface area contributed by atoms with E-state index in [9.17, 15) is 0 Å². The molecule has 204 valence electrons. The van der Waals surface area contributed by atoms with Gasteiger partial charge in [-0.25, -0.2) is 9.97 Å². The number of nitrogens with zero attached hydrogens (tertiary/aromatic N) is 6. The Bertz CT molecular complexity index is 1410. The summed E-state index contributed by atoms with van der Waals surface area (Å²) >= 11 is 6.10. The number of hydrogen-bond acceptors (Lipinski definition) is 8. The maximum absolute atomic E-state index is 6.10. The molecule has 2 aliphatic heterocycles. The van der Waals surface area contributed by atoms with Gasteiger partial charge in [-0.05, 0) is 43.3 Å². The molecule has 2 aromatic heterocycles. The Kier molecular flexibility index (Phi) is 7.92. The van der Waals surface area contributed by atoms with Gasteiger partial charge in [0.25, 0.3) is 0 Å². The van der Waals surface area contributed by atoms with E-state index in [1.54, 1.807) is 0 Å². The molecule has 0 saturated carbocycles. The van der Waals surface area contributed by atoms with Gasteiger partial charge in [0.05, 0.1) is 43.2 Å². The molecule has 2 aliphatic rings. The molecule has 0 spiro atoms. The van der Waals surface area contributed by atoms with Crippen LogP contribution in [-0.2, 0) is 22.9 Å². The molecule has 0 bridgehead atoms. The van der Waals surface area contributed by atoms with Gasteiger partial charge in [0.1, 0.15) is 11.6 Å². The van der Waals surface area contributed by atoms with Crippen molar-refractivity contribution in [2.24, 2.45) is 7.05 Å². The number of imidazole rings is 1. The van der Waals surface area contributed by atoms with E-state index in [0.717, 1.165) is 98.4 Å². The summed E-state index contributed by atoms with van der Waals surface area (Å²) < 4.78 is 13.3. The van der Waals surface area contributed by atoms with Crippen molar-refractivity contribution in [3.05, 3.63) is 59.4 Å². The van der Waals surface area contributed by atoms with E-state index in [2.05, 4.69) is 44.9 Å². The Hall–Kier alpha value is -3.24. The summed E-state index contributed by atoms with van der Waals surface area (Å²) in [7, 11) is 2.11. The van der Waals surface area contributed by atoms with E-state index in [1.165, 1.54) is 0 Å². The monoisotopic (exact) mass is 547 g/mol. The first kappa shape index (κ1) is 26.0. The summed E-state index contributed by atoms with van der Waals surface area (Å²) in [6, 6.07) is 15.9. The molecule has 9 nitrogen and oxygen atoms in total. The van der Waals surface area contributed by atoms with Crippen LogP contribution in [0.1, 0.15) is 12.2 Å². The predicted molar refractivity (Wildman–Crippen MR) is 155 cm³/mol. The van der Waals surface area contributed by atoms with Crippen LogP contribution in [0.15, 0.2) is 48.5 Å². The van der Waals surface area contributed by atoms with Gasteiger partial charge >= 0.3 is 0 Å². The average Bonchev–Trinajstić information content (AvgIpc) is 3.30. The predicted octanol–water partition coefficient (Wildman–Crippen LogP) is 4.53. The molecular weight excluding hydrogens is 514 g/mol. The smallest absolute Gasteiger partial charge is 0.228 e. The number of aromatic nitrogens is 4. The second-order valence-corrected chi connectivity index (χ2v) is 10.4. The van der Waals surface area contributed by atoms with Gasteiger partial charge in [-0.2, -0.15) is 4.98 Å². The van der Waals surface area contributed by atoms with Crippen molar-refractivity contribution < 1.29 is 9.47 Å². The van der Waals surface area contributed by atoms with Gasteiger partial charge in [0.2, 0.25) is 5.95 Å². The molecule has 6 rings (SSSR count). The first-order valence-electron chi connectivity index (χ1n) is 13.6. The summed E-state index contributed by atoms with van der Waals surface area (Å²) in [4.78, 5) is 19.7. The number of anilines is 3. The molecule has 0 unspecified atom stereocenters. The molecule has 0 aliphatic carbocycles. The Balaban J connectivity index is 1.32. The van der Waals surface area contributed by atoms with E-state index in [4.69, 9.17) is 36.0 Å². The molecule has 2 fully saturated rings. The van der Waals surface area contributed by atoms with Crippen molar-refractivity contribution in [1.82, 2.24) is 24.4 Å². The SMILES string of the molecule is Cn1c(CCCN2CCOCC2)nc2c(-c3cc(Nc4ccc(Cl)cc4)nc(N4CCOCC4)n3)cccc21. The fourth-order valence-electron chi connectivity index (χ4n) is 5.20. The minimum atomic E-state index is 0.664. The highest BCUT2D eigenvalue weighted by atomic mass is 35.5. The zero-order valence-corrected chi connectivity index (χ0v) is 23.0. The van der Waals surface area contributed by atoms with Crippen LogP contribution in [0.25, 0.3) is 22.3 Å². The number of halogens is 1. The fourth-order valence-corrected chi connectivity index (χ4v) is 5.33. The molecule has 0 amide bonds. The van der Waals surface area contributed by atoms with E-state index in [1.807, 2.05) is 30.3 Å². The normalized spacial score (nSPS) is 16.6. The van der Waals surface area contributed by atoms with Crippen LogP contribution in [0, 0.1) is 0 Å². The Morgan fingerprint density at radius 3 is 2.41 bits per heavy atom. The Morgan fingerprint density at radius 2 is 1.64 bits per heavy atom. The van der Waals surface area contributed by atoms with Crippen LogP contribution < -0.4 is 10.2 Å². The third-order valence-corrected chi connectivity index (χ3v) is 7.64. The van der Waals surface area contributed by atoms with Crippen LogP contribution in [0.2, 0.25) is 5.02 Å². The van der Waals surface area contributed by atoms with E-state index in [-0.39, 0.29) is 0 Å². The molecule has 39 heavy (non-hydrogen) atoms. The highest BCUT2D eigenvalue weighted by molar-refractivity contribution is 6.30. The average molecular weight is 548 g/mol. The van der Waals surface area contributed by atoms with Crippen LogP contribution in [0.4, 0.5) is 17.5 Å². The Labute approximate surface area is 233 Å². The first-order valence-corrected chi connectivity index (χ1v) is 14.0. The Morgan fingerprint density at radius 1 is 0.897 bits per heavy atom. The van der Waals surface area contributed by atoms with E-state index in [0.29, 0.717) is 24.2 Å². The zero-order valence-electron chi connectivity index (χ0n) is 22.3. The van der Waals surface area contributed by atoms with Gasteiger partial charge in [-0.1, -0.05) is 23.7 Å². The molecule has 0 atom stereocenters. The molecule has 2 aromatic carbocycles. The lowest BCUT2D eigenvalue weighted by Gasteiger charge is -2.27. The van der Waals surface area contributed by atoms with Crippen LogP contribution in [0.5, 0.6) is 0 Å². The summed E-state index contributed by atoms with van der Waals surface area (Å²) in [5.74, 6) is 2.50. The van der Waals surface area contributed by atoms with Gasteiger partial charge in [0, 0.05) is 62.0 Å². The molecule has 10 heteroatoms. The summed E-state index contributed by atoms with van der Waals surface area (Å²) in [5, 5.41) is 4.13. The topological polar surface area (TPSA) is 80.6 Å².